The lowest BCUT2D eigenvalue weighted by atomic mass is 10.0. The molecule has 0 bridgehead atoms. The second-order valence-electron chi connectivity index (χ2n) is 5.25. The third-order valence-electron chi connectivity index (χ3n) is 3.13. The van der Waals surface area contributed by atoms with Crippen LogP contribution < -0.4 is 0 Å². The Labute approximate surface area is 129 Å². The fourth-order valence-corrected chi connectivity index (χ4v) is 3.17. The van der Waals surface area contributed by atoms with Crippen molar-refractivity contribution in [1.29, 1.82) is 0 Å². The Morgan fingerprint density at radius 3 is 2.33 bits per heavy atom. The lowest BCUT2D eigenvalue weighted by Crippen LogP contribution is -2.31. The van der Waals surface area contributed by atoms with Crippen molar-refractivity contribution in [1.82, 2.24) is 4.90 Å². The van der Waals surface area contributed by atoms with Gasteiger partial charge in [0.1, 0.15) is 0 Å². The molecule has 3 nitrogen and oxygen atoms in total. The van der Waals surface area contributed by atoms with E-state index in [1.165, 1.54) is 16.7 Å². The Balaban J connectivity index is 2.51. The van der Waals surface area contributed by atoms with E-state index in [9.17, 15) is 9.59 Å². The van der Waals surface area contributed by atoms with Crippen molar-refractivity contribution in [2.24, 2.45) is 0 Å². The van der Waals surface area contributed by atoms with Gasteiger partial charge in [0, 0.05) is 11.8 Å². The average Bonchev–Trinajstić information content (AvgIpc) is 2.65. The minimum Gasteiger partial charge on any atom is -0.270 e. The summed E-state index contributed by atoms with van der Waals surface area (Å²) < 4.78 is 0. The second kappa shape index (κ2) is 6.31. The Kier molecular flexibility index (Phi) is 4.68. The van der Waals surface area contributed by atoms with E-state index < -0.39 is 0 Å². The summed E-state index contributed by atoms with van der Waals surface area (Å²) in [5.41, 5.74) is 2.44. The van der Waals surface area contributed by atoms with Gasteiger partial charge in [-0.25, -0.2) is 0 Å². The average molecular weight is 301 g/mol. The normalized spacial score (nSPS) is 15.3. The van der Waals surface area contributed by atoms with Crippen molar-refractivity contribution in [3.8, 4) is 0 Å². The number of amides is 2. The van der Waals surface area contributed by atoms with Crippen molar-refractivity contribution in [2.75, 3.05) is 6.54 Å². The molecule has 21 heavy (non-hydrogen) atoms. The zero-order chi connectivity index (χ0) is 15.6. The van der Waals surface area contributed by atoms with Crippen molar-refractivity contribution < 1.29 is 9.59 Å². The van der Waals surface area contributed by atoms with E-state index >= 15 is 0 Å². The molecule has 0 saturated heterocycles. The van der Waals surface area contributed by atoms with E-state index in [0.717, 1.165) is 11.1 Å². The maximum Gasteiger partial charge on any atom is 0.268 e. The molecule has 0 unspecified atom stereocenters. The van der Waals surface area contributed by atoms with Gasteiger partial charge in [0.25, 0.3) is 11.8 Å². The Bertz CT molecular complexity index is 614. The van der Waals surface area contributed by atoms with Crippen LogP contribution in [0, 0.1) is 6.92 Å². The summed E-state index contributed by atoms with van der Waals surface area (Å²) in [5, 5.41) is 0.237. The van der Waals surface area contributed by atoms with Crippen LogP contribution in [-0.2, 0) is 9.59 Å². The third kappa shape index (κ3) is 3.10. The molecule has 1 aromatic carbocycles. The van der Waals surface area contributed by atoms with Gasteiger partial charge in [0.05, 0.1) is 10.5 Å². The molecule has 0 spiro atoms. The second-order valence-corrected chi connectivity index (χ2v) is 6.83. The van der Waals surface area contributed by atoms with Gasteiger partial charge in [0.2, 0.25) is 0 Å². The Morgan fingerprint density at radius 1 is 1.19 bits per heavy atom. The lowest BCUT2D eigenvalue weighted by Gasteiger charge is -2.12. The van der Waals surface area contributed by atoms with E-state index in [1.807, 2.05) is 45.0 Å². The minimum absolute atomic E-state index is 0.214. The van der Waals surface area contributed by atoms with E-state index in [2.05, 4.69) is 6.58 Å². The Hall–Kier alpha value is -1.81. The molecule has 0 fully saturated rings. The van der Waals surface area contributed by atoms with Crippen molar-refractivity contribution in [3.05, 3.63) is 53.0 Å². The van der Waals surface area contributed by atoms with Gasteiger partial charge < -0.3 is 0 Å². The van der Waals surface area contributed by atoms with Gasteiger partial charge in [-0.3, -0.25) is 14.5 Å². The number of carbonyl (C=O) groups excluding carboxylic acids is 2. The summed E-state index contributed by atoms with van der Waals surface area (Å²) in [6.45, 7) is 9.88. The number of thioether (sulfide) groups is 1. The number of benzene rings is 1. The number of nitrogens with zero attached hydrogens (tertiary/aromatic N) is 1. The fraction of sp³-hybridized carbons (Fsp3) is 0.294. The molecule has 1 aliphatic rings. The van der Waals surface area contributed by atoms with Crippen LogP contribution in [0.3, 0.4) is 0 Å². The molecule has 0 aromatic heterocycles. The summed E-state index contributed by atoms with van der Waals surface area (Å²) in [7, 11) is 0. The maximum absolute atomic E-state index is 12.6. The summed E-state index contributed by atoms with van der Waals surface area (Å²) in [6.07, 6.45) is 1.57. The summed E-state index contributed by atoms with van der Waals surface area (Å²) in [6, 6.07) is 7.70. The zero-order valence-corrected chi connectivity index (χ0v) is 13.4. The molecular weight excluding hydrogens is 282 g/mol. The van der Waals surface area contributed by atoms with Crippen LogP contribution in [0.1, 0.15) is 25.0 Å². The highest BCUT2D eigenvalue weighted by Crippen LogP contribution is 2.37. The molecule has 0 saturated carbocycles. The molecule has 0 radical (unpaired) electrons. The molecule has 1 heterocycles. The zero-order valence-electron chi connectivity index (χ0n) is 12.6. The van der Waals surface area contributed by atoms with Crippen LogP contribution in [0.5, 0.6) is 0 Å². The van der Waals surface area contributed by atoms with Gasteiger partial charge >= 0.3 is 0 Å². The highest BCUT2D eigenvalue weighted by molar-refractivity contribution is 8.04. The lowest BCUT2D eigenvalue weighted by molar-refractivity contribution is -0.135. The summed E-state index contributed by atoms with van der Waals surface area (Å²) in [4.78, 5) is 26.8. The van der Waals surface area contributed by atoms with E-state index in [1.54, 1.807) is 6.08 Å². The molecule has 1 aromatic rings. The van der Waals surface area contributed by atoms with Crippen molar-refractivity contribution >= 4 is 29.1 Å². The monoisotopic (exact) mass is 301 g/mol. The van der Waals surface area contributed by atoms with E-state index in [-0.39, 0.29) is 23.6 Å². The van der Waals surface area contributed by atoms with E-state index in [4.69, 9.17) is 0 Å². The van der Waals surface area contributed by atoms with Gasteiger partial charge in [-0.1, -0.05) is 49.8 Å². The smallest absolute Gasteiger partial charge is 0.268 e. The summed E-state index contributed by atoms with van der Waals surface area (Å²) >= 11 is 1.44. The summed E-state index contributed by atoms with van der Waals surface area (Å²) in [5.74, 6) is -0.443. The Morgan fingerprint density at radius 2 is 1.81 bits per heavy atom. The predicted molar refractivity (Wildman–Crippen MR) is 87.7 cm³/mol. The standard InChI is InChI=1S/C17H19NO2S/c1-5-10-18-16(19)14(13-8-6-12(4)7-9-13)15(17(18)20)21-11(2)3/h5-9,11H,1,10H2,2-4H3. The maximum atomic E-state index is 12.6. The first kappa shape index (κ1) is 15.6. The van der Waals surface area contributed by atoms with Gasteiger partial charge in [-0.05, 0) is 12.5 Å². The van der Waals surface area contributed by atoms with E-state index in [0.29, 0.717) is 10.5 Å². The van der Waals surface area contributed by atoms with Crippen LogP contribution in [0.25, 0.3) is 5.57 Å². The van der Waals surface area contributed by atoms with Crippen molar-refractivity contribution in [3.63, 3.8) is 0 Å². The largest absolute Gasteiger partial charge is 0.270 e. The molecule has 2 rings (SSSR count). The van der Waals surface area contributed by atoms with Gasteiger partial charge in [-0.15, -0.1) is 18.3 Å². The topological polar surface area (TPSA) is 37.4 Å². The van der Waals surface area contributed by atoms with Crippen LogP contribution in [0.4, 0.5) is 0 Å². The first-order chi connectivity index (χ1) is 9.95. The highest BCUT2D eigenvalue weighted by atomic mass is 32.2. The van der Waals surface area contributed by atoms with Gasteiger partial charge in [-0.2, -0.15) is 0 Å². The molecule has 0 aliphatic carbocycles. The fourth-order valence-electron chi connectivity index (χ4n) is 2.17. The number of rotatable bonds is 5. The first-order valence-electron chi connectivity index (χ1n) is 6.90. The first-order valence-corrected chi connectivity index (χ1v) is 7.78. The number of carbonyl (C=O) groups is 2. The SMILES string of the molecule is C=CCN1C(=O)C(SC(C)C)=C(c2ccc(C)cc2)C1=O. The number of aryl methyl sites for hydroxylation is 1. The van der Waals surface area contributed by atoms with Gasteiger partial charge in [0.15, 0.2) is 0 Å². The predicted octanol–water partition coefficient (Wildman–Crippen LogP) is 3.40. The third-order valence-corrected chi connectivity index (χ3v) is 4.22. The molecule has 4 heteroatoms. The molecule has 2 amide bonds. The number of hydrogen-bond acceptors (Lipinski definition) is 3. The quantitative estimate of drug-likeness (QED) is 0.618. The number of hydrogen-bond donors (Lipinski definition) is 0. The van der Waals surface area contributed by atoms with Crippen LogP contribution in [0.2, 0.25) is 0 Å². The number of imide groups is 1. The minimum atomic E-state index is -0.230. The molecule has 0 atom stereocenters. The highest BCUT2D eigenvalue weighted by Gasteiger charge is 2.38. The van der Waals surface area contributed by atoms with Crippen molar-refractivity contribution in [2.45, 2.75) is 26.0 Å². The molecule has 1 aliphatic heterocycles. The van der Waals surface area contributed by atoms with Crippen LogP contribution in [-0.4, -0.2) is 28.5 Å². The molecule has 0 N–H and O–H groups in total. The van der Waals surface area contributed by atoms with Crippen LogP contribution >= 0.6 is 11.8 Å². The molecule has 110 valence electrons. The van der Waals surface area contributed by atoms with Crippen LogP contribution in [0.15, 0.2) is 41.8 Å². The molecular formula is C17H19NO2S.